The zero-order chi connectivity index (χ0) is 17.2. The highest BCUT2D eigenvalue weighted by Gasteiger charge is 2.47. The van der Waals surface area contributed by atoms with Gasteiger partial charge in [-0.15, -0.1) is 0 Å². The van der Waals surface area contributed by atoms with Crippen molar-refractivity contribution in [2.75, 3.05) is 11.9 Å². The van der Waals surface area contributed by atoms with Gasteiger partial charge in [-0.25, -0.2) is 0 Å². The maximum atomic E-state index is 12.4. The maximum Gasteiger partial charge on any atom is 0.278 e. The lowest BCUT2D eigenvalue weighted by atomic mass is 10.0. The van der Waals surface area contributed by atoms with Crippen LogP contribution in [0.25, 0.3) is 0 Å². The molecule has 0 saturated carbocycles. The topological polar surface area (TPSA) is 85.3 Å². The van der Waals surface area contributed by atoms with Crippen molar-refractivity contribution >= 4 is 17.5 Å². The van der Waals surface area contributed by atoms with Crippen LogP contribution in [-0.2, 0) is 16.1 Å². The van der Waals surface area contributed by atoms with Crippen LogP contribution in [0.2, 0.25) is 0 Å². The van der Waals surface area contributed by atoms with Crippen LogP contribution < -0.4 is 15.4 Å². The van der Waals surface area contributed by atoms with Crippen molar-refractivity contribution in [2.24, 2.45) is 0 Å². The Morgan fingerprint density at radius 3 is 3.04 bits per heavy atom. The Bertz CT molecular complexity index is 757. The van der Waals surface area contributed by atoms with E-state index in [0.29, 0.717) is 30.9 Å². The van der Waals surface area contributed by atoms with Gasteiger partial charge < -0.3 is 15.4 Å². The molecule has 7 heteroatoms. The number of benzene rings is 1. The lowest BCUT2D eigenvalue weighted by molar-refractivity contribution is -0.146. The average molecular weight is 328 g/mol. The monoisotopic (exact) mass is 328 g/mol. The van der Waals surface area contributed by atoms with Crippen LogP contribution in [0.3, 0.4) is 0 Å². The number of carbonyl (C=O) groups excluding carboxylic acids is 2. The van der Waals surface area contributed by atoms with Gasteiger partial charge in [0.1, 0.15) is 5.75 Å². The number of aryl methyl sites for hydroxylation is 2. The molecular formula is C17H20N4O3. The number of amides is 2. The van der Waals surface area contributed by atoms with Gasteiger partial charge in [0.25, 0.3) is 17.4 Å². The molecule has 0 unspecified atom stereocenters. The van der Waals surface area contributed by atoms with Gasteiger partial charge in [-0.05, 0) is 44.0 Å². The molecule has 1 aromatic heterocycles. The van der Waals surface area contributed by atoms with Crippen LogP contribution in [0.4, 0.5) is 5.69 Å². The molecule has 2 amide bonds. The van der Waals surface area contributed by atoms with E-state index in [4.69, 9.17) is 4.74 Å². The summed E-state index contributed by atoms with van der Waals surface area (Å²) in [5.74, 6) is -0.425. The Balaban J connectivity index is 1.61. The molecule has 126 valence electrons. The summed E-state index contributed by atoms with van der Waals surface area (Å²) in [6, 6.07) is 7.29. The molecule has 3 rings (SSSR count). The van der Waals surface area contributed by atoms with Crippen molar-refractivity contribution in [3.05, 3.63) is 42.2 Å². The molecule has 0 bridgehead atoms. The third-order valence-electron chi connectivity index (χ3n) is 3.97. The largest absolute Gasteiger partial charge is 0.466 e. The Morgan fingerprint density at radius 1 is 1.46 bits per heavy atom. The van der Waals surface area contributed by atoms with Gasteiger partial charge in [0, 0.05) is 25.5 Å². The summed E-state index contributed by atoms with van der Waals surface area (Å²) in [5, 5.41) is 9.60. The Kier molecular flexibility index (Phi) is 4.24. The van der Waals surface area contributed by atoms with Gasteiger partial charge >= 0.3 is 0 Å². The first-order chi connectivity index (χ1) is 11.5. The fourth-order valence-corrected chi connectivity index (χ4v) is 2.53. The number of rotatable bonds is 5. The van der Waals surface area contributed by atoms with E-state index in [1.54, 1.807) is 16.9 Å². The van der Waals surface area contributed by atoms with E-state index in [1.807, 2.05) is 31.3 Å². The van der Waals surface area contributed by atoms with Gasteiger partial charge in [0.15, 0.2) is 0 Å². The first-order valence-electron chi connectivity index (χ1n) is 7.86. The fraction of sp³-hybridized carbons (Fsp3) is 0.353. The number of nitrogens with one attached hydrogen (secondary N) is 2. The van der Waals surface area contributed by atoms with Crippen molar-refractivity contribution in [2.45, 2.75) is 32.4 Å². The van der Waals surface area contributed by atoms with E-state index in [0.717, 1.165) is 5.56 Å². The molecule has 2 heterocycles. The number of nitrogens with zero attached hydrogens (tertiary/aromatic N) is 2. The maximum absolute atomic E-state index is 12.4. The lowest BCUT2D eigenvalue weighted by Crippen LogP contribution is -2.58. The minimum Gasteiger partial charge on any atom is -0.466 e. The number of ether oxygens (including phenoxy) is 1. The first kappa shape index (κ1) is 16.0. The Labute approximate surface area is 140 Å². The summed E-state index contributed by atoms with van der Waals surface area (Å²) in [7, 11) is 0. The van der Waals surface area contributed by atoms with Gasteiger partial charge in [-0.3, -0.25) is 14.3 Å². The van der Waals surface area contributed by atoms with Crippen LogP contribution in [0.5, 0.6) is 5.75 Å². The van der Waals surface area contributed by atoms with Crippen molar-refractivity contribution in [3.8, 4) is 5.75 Å². The van der Waals surface area contributed by atoms with Gasteiger partial charge in [0.05, 0.1) is 5.69 Å². The van der Waals surface area contributed by atoms with E-state index < -0.39 is 17.4 Å². The molecule has 2 aromatic rings. The van der Waals surface area contributed by atoms with E-state index >= 15 is 0 Å². The van der Waals surface area contributed by atoms with E-state index in [2.05, 4.69) is 15.7 Å². The van der Waals surface area contributed by atoms with Crippen molar-refractivity contribution in [1.82, 2.24) is 15.1 Å². The minimum atomic E-state index is -1.58. The average Bonchev–Trinajstić information content (AvgIpc) is 3.06. The first-order valence-corrected chi connectivity index (χ1v) is 7.86. The van der Waals surface area contributed by atoms with Crippen molar-refractivity contribution in [1.29, 1.82) is 0 Å². The van der Waals surface area contributed by atoms with Crippen LogP contribution in [0, 0.1) is 6.92 Å². The molecule has 7 nitrogen and oxygen atoms in total. The van der Waals surface area contributed by atoms with Crippen LogP contribution in [-0.4, -0.2) is 33.7 Å². The number of carbonyl (C=O) groups is 2. The van der Waals surface area contributed by atoms with Gasteiger partial charge in [0.2, 0.25) is 0 Å². The number of aromatic nitrogens is 2. The third-order valence-corrected chi connectivity index (χ3v) is 3.97. The molecule has 0 aliphatic carbocycles. The molecular weight excluding hydrogens is 308 g/mol. The highest BCUT2D eigenvalue weighted by molar-refractivity contribution is 6.15. The molecule has 1 aliphatic rings. The van der Waals surface area contributed by atoms with Gasteiger partial charge in [-0.2, -0.15) is 5.10 Å². The molecule has 1 aromatic carbocycles. The molecule has 0 fully saturated rings. The smallest absolute Gasteiger partial charge is 0.278 e. The second-order valence-electron chi connectivity index (χ2n) is 5.97. The van der Waals surface area contributed by atoms with E-state index in [9.17, 15) is 9.59 Å². The molecule has 0 spiro atoms. The number of hydrogen-bond acceptors (Lipinski definition) is 4. The SMILES string of the molecule is Cc1ccc2c(c1)NC(=O)[C@](C)(C(=O)NCCCn1cccn1)O2. The van der Waals surface area contributed by atoms with Crippen LogP contribution >= 0.6 is 0 Å². The predicted molar refractivity (Wildman–Crippen MR) is 88.7 cm³/mol. The zero-order valence-electron chi connectivity index (χ0n) is 13.7. The van der Waals surface area contributed by atoms with Gasteiger partial charge in [-0.1, -0.05) is 6.07 Å². The summed E-state index contributed by atoms with van der Waals surface area (Å²) in [4.78, 5) is 24.8. The molecule has 1 atom stereocenters. The summed E-state index contributed by atoms with van der Waals surface area (Å²) in [6.07, 6.45) is 4.28. The van der Waals surface area contributed by atoms with E-state index in [-0.39, 0.29) is 0 Å². The second kappa shape index (κ2) is 6.35. The fourth-order valence-electron chi connectivity index (χ4n) is 2.53. The summed E-state index contributed by atoms with van der Waals surface area (Å²) >= 11 is 0. The molecule has 0 radical (unpaired) electrons. The number of fused-ring (bicyclic) bond motifs is 1. The highest BCUT2D eigenvalue weighted by atomic mass is 16.5. The van der Waals surface area contributed by atoms with Crippen LogP contribution in [0.1, 0.15) is 18.9 Å². The second-order valence-corrected chi connectivity index (χ2v) is 5.97. The summed E-state index contributed by atoms with van der Waals surface area (Å²) in [6.45, 7) is 4.53. The molecule has 0 saturated heterocycles. The Hall–Kier alpha value is -2.83. The number of anilines is 1. The summed E-state index contributed by atoms with van der Waals surface area (Å²) in [5.41, 5.74) is 0.0156. The van der Waals surface area contributed by atoms with Crippen molar-refractivity contribution in [3.63, 3.8) is 0 Å². The zero-order valence-corrected chi connectivity index (χ0v) is 13.7. The Morgan fingerprint density at radius 2 is 2.29 bits per heavy atom. The predicted octanol–water partition coefficient (Wildman–Crippen LogP) is 1.49. The molecule has 24 heavy (non-hydrogen) atoms. The third kappa shape index (κ3) is 3.10. The van der Waals surface area contributed by atoms with E-state index in [1.165, 1.54) is 6.92 Å². The normalized spacial score (nSPS) is 19.2. The molecule has 1 aliphatic heterocycles. The highest BCUT2D eigenvalue weighted by Crippen LogP contribution is 2.34. The summed E-state index contributed by atoms with van der Waals surface area (Å²) < 4.78 is 7.50. The quantitative estimate of drug-likeness (QED) is 0.643. The standard InChI is InChI=1S/C17H20N4O3/c1-12-5-6-14-13(11-12)20-16(23)17(2,24-14)15(22)18-7-3-9-21-10-4-8-19-21/h4-6,8,10-11H,3,7,9H2,1-2H3,(H,18,22)(H,20,23)/t17-/m0/s1. The number of hydrogen-bond donors (Lipinski definition) is 2. The lowest BCUT2D eigenvalue weighted by Gasteiger charge is -2.33. The minimum absolute atomic E-state index is 0.436. The molecule has 2 N–H and O–H groups in total. The van der Waals surface area contributed by atoms with Crippen molar-refractivity contribution < 1.29 is 14.3 Å². The van der Waals surface area contributed by atoms with Crippen LogP contribution in [0.15, 0.2) is 36.7 Å².